The lowest BCUT2D eigenvalue weighted by molar-refractivity contribution is 0.359. The molecular weight excluding hydrogens is 432 g/mol. The van der Waals surface area contributed by atoms with E-state index in [0.29, 0.717) is 0 Å². The molecule has 0 spiro atoms. The molecule has 1 aromatic carbocycles. The lowest BCUT2D eigenvalue weighted by Gasteiger charge is -2.29. The smallest absolute Gasteiger partial charge is 0.164 e. The van der Waals surface area contributed by atoms with Crippen molar-refractivity contribution in [2.45, 2.75) is 13.5 Å². The molecule has 0 bridgehead atoms. The Hall–Kier alpha value is -3.06. The maximum absolute atomic E-state index is 5.29. The lowest BCUT2D eigenvalue weighted by Crippen LogP contribution is -2.27. The summed E-state index contributed by atoms with van der Waals surface area (Å²) >= 11 is 3.55. The molecule has 0 radical (unpaired) electrons. The van der Waals surface area contributed by atoms with Gasteiger partial charge in [-0.3, -0.25) is 4.90 Å². The lowest BCUT2D eigenvalue weighted by atomic mass is 9.93. The number of hydrogen-bond donors (Lipinski definition) is 0. The highest BCUT2D eigenvalue weighted by molar-refractivity contribution is 7.13. The Morgan fingerprint density at radius 1 is 0.938 bits per heavy atom. The van der Waals surface area contributed by atoms with E-state index in [1.807, 2.05) is 22.9 Å². The fourth-order valence-corrected chi connectivity index (χ4v) is 6.05. The molecule has 0 aliphatic carbocycles. The molecule has 5 aromatic rings. The number of para-hydroxylation sites is 1. The van der Waals surface area contributed by atoms with Gasteiger partial charge in [0.1, 0.15) is 0 Å². The van der Waals surface area contributed by atoms with Crippen molar-refractivity contribution in [3.8, 4) is 16.1 Å². The van der Waals surface area contributed by atoms with Gasteiger partial charge in [0.15, 0.2) is 5.65 Å². The predicted molar refractivity (Wildman–Crippen MR) is 135 cm³/mol. The number of benzene rings is 1. The Morgan fingerprint density at radius 2 is 1.75 bits per heavy atom. The summed E-state index contributed by atoms with van der Waals surface area (Å²) in [7, 11) is 2.19. The van der Waals surface area contributed by atoms with E-state index < -0.39 is 0 Å². The number of pyridine rings is 1. The first-order valence-electron chi connectivity index (χ1n) is 10.6. The molecule has 4 aromatic heterocycles. The molecule has 6 rings (SSSR count). The van der Waals surface area contributed by atoms with Gasteiger partial charge in [0.2, 0.25) is 0 Å². The summed E-state index contributed by atoms with van der Waals surface area (Å²) in [5.41, 5.74) is 7.92. The Kier molecular flexibility index (Phi) is 4.79. The molecule has 0 N–H and O–H groups in total. The van der Waals surface area contributed by atoms with E-state index in [1.165, 1.54) is 26.5 Å². The highest BCUT2D eigenvalue weighted by atomic mass is 32.1. The van der Waals surface area contributed by atoms with E-state index in [1.54, 1.807) is 22.7 Å². The largest absolute Gasteiger partial charge is 0.298 e. The van der Waals surface area contributed by atoms with Crippen LogP contribution < -0.4 is 0 Å². The maximum Gasteiger partial charge on any atom is 0.164 e. The second kappa shape index (κ2) is 7.81. The second-order valence-corrected chi connectivity index (χ2v) is 10.1. The van der Waals surface area contributed by atoms with Crippen LogP contribution in [-0.2, 0) is 6.54 Å². The van der Waals surface area contributed by atoms with Gasteiger partial charge in [-0.25, -0.2) is 9.67 Å². The first-order valence-corrected chi connectivity index (χ1v) is 12.4. The van der Waals surface area contributed by atoms with Crippen LogP contribution in [0, 0.1) is 6.92 Å². The predicted octanol–water partition coefficient (Wildman–Crippen LogP) is 6.50. The summed E-state index contributed by atoms with van der Waals surface area (Å²) in [5, 5.41) is 10.4. The third kappa shape index (κ3) is 3.23. The second-order valence-electron chi connectivity index (χ2n) is 8.18. The normalized spacial score (nSPS) is 15.5. The fraction of sp³-hybridized carbons (Fsp3) is 0.154. The zero-order chi connectivity index (χ0) is 21.7. The third-order valence-corrected chi connectivity index (χ3v) is 7.60. The van der Waals surface area contributed by atoms with Crippen LogP contribution in [0.3, 0.4) is 0 Å². The number of hydrogen-bond acceptors (Lipinski definition) is 5. The SMILES string of the molecule is Cc1nn(-c2ccccc2)c2nc3c(c(-c4cccs4)c12)CN(C)C/C3=C\c1cccs1. The Labute approximate surface area is 195 Å². The maximum atomic E-state index is 5.29. The van der Waals surface area contributed by atoms with Gasteiger partial charge in [0.05, 0.1) is 22.5 Å². The standard InChI is InChI=1S/C26H22N4S2/c1-17-23-24(22-11-7-13-32-22)21-16-29(2)15-18(14-20-10-6-12-31-20)25(21)27-26(23)30(28-17)19-8-4-3-5-9-19/h3-14H,15-16H2,1-2H3/b18-14+. The summed E-state index contributed by atoms with van der Waals surface area (Å²) in [4.78, 5) is 10.2. The van der Waals surface area contributed by atoms with E-state index in [-0.39, 0.29) is 0 Å². The topological polar surface area (TPSA) is 34.0 Å². The molecule has 158 valence electrons. The highest BCUT2D eigenvalue weighted by Crippen LogP contribution is 2.42. The summed E-state index contributed by atoms with van der Waals surface area (Å²) in [6.07, 6.45) is 2.30. The summed E-state index contributed by atoms with van der Waals surface area (Å²) in [6.45, 7) is 3.86. The fourth-order valence-electron chi connectivity index (χ4n) is 4.57. The van der Waals surface area contributed by atoms with E-state index >= 15 is 0 Å². The molecule has 32 heavy (non-hydrogen) atoms. The summed E-state index contributed by atoms with van der Waals surface area (Å²) in [5.74, 6) is 0. The number of thiophene rings is 2. The molecule has 5 heterocycles. The zero-order valence-electron chi connectivity index (χ0n) is 17.9. The monoisotopic (exact) mass is 454 g/mol. The first kappa shape index (κ1) is 19.6. The Balaban J connectivity index is 1.71. The minimum Gasteiger partial charge on any atom is -0.298 e. The van der Waals surface area contributed by atoms with E-state index in [4.69, 9.17) is 10.1 Å². The van der Waals surface area contributed by atoms with E-state index in [2.05, 4.69) is 72.1 Å². The number of aryl methyl sites for hydroxylation is 1. The van der Waals surface area contributed by atoms with Gasteiger partial charge in [-0.2, -0.15) is 5.10 Å². The van der Waals surface area contributed by atoms with Crippen LogP contribution in [0.1, 0.15) is 21.8 Å². The van der Waals surface area contributed by atoms with Gasteiger partial charge in [0.25, 0.3) is 0 Å². The quantitative estimate of drug-likeness (QED) is 0.312. The Morgan fingerprint density at radius 3 is 2.50 bits per heavy atom. The molecule has 0 saturated carbocycles. The minimum absolute atomic E-state index is 0.878. The van der Waals surface area contributed by atoms with Crippen LogP contribution in [0.15, 0.2) is 65.4 Å². The first-order chi connectivity index (χ1) is 15.7. The average Bonchev–Trinajstić information content (AvgIpc) is 3.56. The van der Waals surface area contributed by atoms with Crippen molar-refractivity contribution in [1.29, 1.82) is 0 Å². The van der Waals surface area contributed by atoms with E-state index in [0.717, 1.165) is 41.2 Å². The number of aromatic nitrogens is 3. The molecule has 0 fully saturated rings. The molecule has 0 saturated heterocycles. The van der Waals surface area contributed by atoms with Crippen molar-refractivity contribution in [1.82, 2.24) is 19.7 Å². The molecule has 1 aliphatic heterocycles. The van der Waals surface area contributed by atoms with Crippen molar-refractivity contribution in [3.63, 3.8) is 0 Å². The Bertz CT molecular complexity index is 1430. The van der Waals surface area contributed by atoms with Crippen LogP contribution in [0.2, 0.25) is 0 Å². The van der Waals surface area contributed by atoms with Crippen molar-refractivity contribution >= 4 is 45.4 Å². The van der Waals surface area contributed by atoms with Crippen LogP contribution in [0.4, 0.5) is 0 Å². The van der Waals surface area contributed by atoms with Crippen molar-refractivity contribution < 1.29 is 0 Å². The number of rotatable bonds is 3. The molecule has 0 amide bonds. The average molecular weight is 455 g/mol. The van der Waals surface area contributed by atoms with Gasteiger partial charge in [0, 0.05) is 34.0 Å². The van der Waals surface area contributed by atoms with Gasteiger partial charge in [-0.1, -0.05) is 30.3 Å². The molecular formula is C26H22N4S2. The number of nitrogens with zero attached hydrogens (tertiary/aromatic N) is 4. The molecule has 6 heteroatoms. The van der Waals surface area contributed by atoms with Gasteiger partial charge in [-0.05, 0) is 60.6 Å². The number of fused-ring (bicyclic) bond motifs is 2. The highest BCUT2D eigenvalue weighted by Gasteiger charge is 2.28. The molecule has 4 nitrogen and oxygen atoms in total. The van der Waals surface area contributed by atoms with E-state index in [9.17, 15) is 0 Å². The number of likely N-dealkylation sites (N-methyl/N-ethyl adjacent to an activating group) is 1. The molecule has 1 aliphatic rings. The van der Waals surface area contributed by atoms with Gasteiger partial charge >= 0.3 is 0 Å². The summed E-state index contributed by atoms with van der Waals surface area (Å²) < 4.78 is 2.00. The van der Waals surface area contributed by atoms with Crippen molar-refractivity contribution in [3.05, 3.63) is 87.2 Å². The summed E-state index contributed by atoms with van der Waals surface area (Å²) in [6, 6.07) is 18.9. The van der Waals surface area contributed by atoms with Crippen LogP contribution in [0.5, 0.6) is 0 Å². The van der Waals surface area contributed by atoms with Crippen molar-refractivity contribution in [2.24, 2.45) is 0 Å². The third-order valence-electron chi connectivity index (χ3n) is 5.89. The molecule has 0 atom stereocenters. The van der Waals surface area contributed by atoms with Crippen LogP contribution in [0.25, 0.3) is 38.8 Å². The van der Waals surface area contributed by atoms with Gasteiger partial charge in [-0.15, -0.1) is 22.7 Å². The minimum atomic E-state index is 0.878. The van der Waals surface area contributed by atoms with Gasteiger partial charge < -0.3 is 0 Å². The zero-order valence-corrected chi connectivity index (χ0v) is 19.6. The molecule has 0 unspecified atom stereocenters. The van der Waals surface area contributed by atoms with Crippen molar-refractivity contribution in [2.75, 3.05) is 13.6 Å². The van der Waals surface area contributed by atoms with Crippen LogP contribution in [-0.4, -0.2) is 33.3 Å². The van der Waals surface area contributed by atoms with Crippen LogP contribution >= 0.6 is 22.7 Å².